The zero-order chi connectivity index (χ0) is 19.0. The molecule has 1 aromatic heterocycles. The van der Waals surface area contributed by atoms with Crippen molar-refractivity contribution in [1.82, 2.24) is 9.88 Å². The maximum Gasteiger partial charge on any atom is 0.410 e. The number of hydrogen-bond acceptors (Lipinski definition) is 4. The van der Waals surface area contributed by atoms with Crippen molar-refractivity contribution in [2.45, 2.75) is 51.9 Å². The highest BCUT2D eigenvalue weighted by molar-refractivity contribution is 5.85. The van der Waals surface area contributed by atoms with Crippen LogP contribution in [0.4, 0.5) is 4.79 Å². The molecule has 3 heterocycles. The van der Waals surface area contributed by atoms with Crippen LogP contribution in [0.2, 0.25) is 0 Å². The maximum atomic E-state index is 12.4. The molecule has 2 aliphatic heterocycles. The number of ether oxygens (including phenoxy) is 2. The summed E-state index contributed by atoms with van der Waals surface area (Å²) in [6.45, 7) is 5.63. The number of H-pyrrole nitrogens is 1. The molecule has 0 radical (unpaired) electrons. The van der Waals surface area contributed by atoms with Gasteiger partial charge in [0.2, 0.25) is 0 Å². The van der Waals surface area contributed by atoms with Crippen LogP contribution in [0.25, 0.3) is 10.8 Å². The van der Waals surface area contributed by atoms with E-state index in [-0.39, 0.29) is 23.9 Å². The molecule has 4 rings (SSSR count). The highest BCUT2D eigenvalue weighted by Gasteiger charge is 2.33. The van der Waals surface area contributed by atoms with Gasteiger partial charge in [0.05, 0.1) is 18.8 Å². The molecule has 6 heteroatoms. The van der Waals surface area contributed by atoms with Crippen molar-refractivity contribution >= 4 is 16.9 Å². The first kappa shape index (κ1) is 18.0. The second-order valence-corrected chi connectivity index (χ2v) is 7.77. The van der Waals surface area contributed by atoms with Crippen LogP contribution >= 0.6 is 0 Å². The van der Waals surface area contributed by atoms with Crippen molar-refractivity contribution in [1.29, 1.82) is 0 Å². The van der Waals surface area contributed by atoms with Crippen molar-refractivity contribution < 1.29 is 14.3 Å². The van der Waals surface area contributed by atoms with Gasteiger partial charge in [-0.3, -0.25) is 4.79 Å². The molecule has 6 nitrogen and oxygen atoms in total. The quantitative estimate of drug-likeness (QED) is 0.881. The molecule has 27 heavy (non-hydrogen) atoms. The van der Waals surface area contributed by atoms with Gasteiger partial charge in [-0.15, -0.1) is 0 Å². The fourth-order valence-electron chi connectivity index (χ4n) is 4.21. The van der Waals surface area contributed by atoms with E-state index in [2.05, 4.69) is 4.98 Å². The zero-order valence-electron chi connectivity index (χ0n) is 15.9. The summed E-state index contributed by atoms with van der Waals surface area (Å²) in [7, 11) is 0. The fraction of sp³-hybridized carbons (Fsp3) is 0.524. The first-order valence-corrected chi connectivity index (χ1v) is 9.73. The first-order valence-electron chi connectivity index (χ1n) is 9.73. The normalized spacial score (nSPS) is 20.7. The third-order valence-electron chi connectivity index (χ3n) is 5.63. The summed E-state index contributed by atoms with van der Waals surface area (Å²) in [6, 6.07) is 7.69. The summed E-state index contributed by atoms with van der Waals surface area (Å²) in [4.78, 5) is 29.3. The Kier molecular flexibility index (Phi) is 4.91. The van der Waals surface area contributed by atoms with Gasteiger partial charge in [0, 0.05) is 36.2 Å². The Morgan fingerprint density at radius 3 is 2.63 bits per heavy atom. The molecular formula is C21H26N2O4. The van der Waals surface area contributed by atoms with Crippen molar-refractivity contribution in [3.8, 4) is 0 Å². The number of pyridine rings is 1. The van der Waals surface area contributed by atoms with Gasteiger partial charge in [0.1, 0.15) is 0 Å². The van der Waals surface area contributed by atoms with E-state index in [1.54, 1.807) is 4.90 Å². The minimum Gasteiger partial charge on any atom is -0.447 e. The lowest BCUT2D eigenvalue weighted by Crippen LogP contribution is -2.44. The van der Waals surface area contributed by atoms with Crippen LogP contribution < -0.4 is 5.56 Å². The topological polar surface area (TPSA) is 71.6 Å². The predicted octanol–water partition coefficient (Wildman–Crippen LogP) is 3.23. The second kappa shape index (κ2) is 7.35. The van der Waals surface area contributed by atoms with E-state index in [1.807, 2.05) is 38.1 Å². The highest BCUT2D eigenvalue weighted by atomic mass is 16.6. The van der Waals surface area contributed by atoms with Gasteiger partial charge in [0.15, 0.2) is 0 Å². The smallest absolute Gasteiger partial charge is 0.410 e. The van der Waals surface area contributed by atoms with Gasteiger partial charge < -0.3 is 19.4 Å². The molecular weight excluding hydrogens is 344 g/mol. The van der Waals surface area contributed by atoms with Gasteiger partial charge in [0.25, 0.3) is 5.56 Å². The second-order valence-electron chi connectivity index (χ2n) is 7.77. The third-order valence-corrected chi connectivity index (χ3v) is 5.63. The number of likely N-dealkylation sites (tertiary alicyclic amines) is 1. The van der Waals surface area contributed by atoms with Gasteiger partial charge in [-0.1, -0.05) is 18.2 Å². The number of carbonyl (C=O) groups excluding carboxylic acids is 1. The van der Waals surface area contributed by atoms with Gasteiger partial charge in [-0.05, 0) is 44.1 Å². The molecule has 1 N–H and O–H groups in total. The number of aromatic nitrogens is 1. The van der Waals surface area contributed by atoms with Gasteiger partial charge >= 0.3 is 6.09 Å². The summed E-state index contributed by atoms with van der Waals surface area (Å²) >= 11 is 0. The number of amides is 1. The Hall–Kier alpha value is -2.34. The number of hydrogen-bond donors (Lipinski definition) is 1. The molecule has 0 aliphatic carbocycles. The fourth-order valence-corrected chi connectivity index (χ4v) is 4.21. The minimum atomic E-state index is -0.228. The Balaban J connectivity index is 1.45. The van der Waals surface area contributed by atoms with Crippen molar-refractivity contribution in [2.75, 3.05) is 13.1 Å². The lowest BCUT2D eigenvalue weighted by atomic mass is 9.86. The molecule has 0 spiro atoms. The lowest BCUT2D eigenvalue weighted by Gasteiger charge is -2.37. The average Bonchev–Trinajstić information content (AvgIpc) is 2.67. The monoisotopic (exact) mass is 370 g/mol. The standard InChI is InChI=1S/C21H26N2O4/c1-13(2)27-21(25)23-9-7-14(8-10-23)19-11-18-17(12-26-19)15-5-3-4-6-16(15)20(24)22-18/h3-6,13-14,19H,7-12H2,1-2H3,(H,22,24). The van der Waals surface area contributed by atoms with Crippen LogP contribution in [-0.2, 0) is 22.5 Å². The summed E-state index contributed by atoms with van der Waals surface area (Å²) in [6.07, 6.45) is 2.26. The predicted molar refractivity (Wildman–Crippen MR) is 103 cm³/mol. The molecule has 1 saturated heterocycles. The number of carbonyl (C=O) groups is 1. The van der Waals surface area contributed by atoms with Crippen molar-refractivity contribution in [3.63, 3.8) is 0 Å². The van der Waals surface area contributed by atoms with Crippen LogP contribution in [0, 0.1) is 5.92 Å². The number of aromatic amines is 1. The Morgan fingerprint density at radius 2 is 1.93 bits per heavy atom. The lowest BCUT2D eigenvalue weighted by molar-refractivity contribution is -0.0294. The molecule has 1 aromatic carbocycles. The average molecular weight is 370 g/mol. The number of fused-ring (bicyclic) bond motifs is 3. The Morgan fingerprint density at radius 1 is 1.22 bits per heavy atom. The molecule has 0 bridgehead atoms. The number of nitrogens with zero attached hydrogens (tertiary/aromatic N) is 1. The Bertz CT molecular complexity index is 897. The first-order chi connectivity index (χ1) is 13.0. The minimum absolute atomic E-state index is 0.0312. The molecule has 2 aromatic rings. The summed E-state index contributed by atoms with van der Waals surface area (Å²) in [5.41, 5.74) is 2.06. The van der Waals surface area contributed by atoms with E-state index in [0.29, 0.717) is 25.6 Å². The number of nitrogens with one attached hydrogen (secondary N) is 1. The van der Waals surface area contributed by atoms with E-state index in [1.165, 1.54) is 0 Å². The van der Waals surface area contributed by atoms with Gasteiger partial charge in [-0.2, -0.15) is 0 Å². The molecule has 2 aliphatic rings. The molecule has 1 unspecified atom stereocenters. The number of piperidine rings is 1. The van der Waals surface area contributed by atoms with Crippen LogP contribution in [0.5, 0.6) is 0 Å². The van der Waals surface area contributed by atoms with E-state index in [9.17, 15) is 9.59 Å². The van der Waals surface area contributed by atoms with E-state index >= 15 is 0 Å². The maximum absolute atomic E-state index is 12.4. The van der Waals surface area contributed by atoms with Crippen LogP contribution in [0.1, 0.15) is 37.9 Å². The number of benzene rings is 1. The largest absolute Gasteiger partial charge is 0.447 e. The van der Waals surface area contributed by atoms with E-state index in [0.717, 1.165) is 41.3 Å². The van der Waals surface area contributed by atoms with Crippen LogP contribution in [-0.4, -0.2) is 41.3 Å². The SMILES string of the molecule is CC(C)OC(=O)N1CCC(C2Cc3[nH]c(=O)c4ccccc4c3CO2)CC1. The third kappa shape index (κ3) is 3.58. The van der Waals surface area contributed by atoms with Gasteiger partial charge in [-0.25, -0.2) is 4.79 Å². The van der Waals surface area contributed by atoms with Crippen molar-refractivity contribution in [3.05, 3.63) is 45.9 Å². The Labute approximate surface area is 158 Å². The summed E-state index contributed by atoms with van der Waals surface area (Å²) in [5.74, 6) is 0.385. The van der Waals surface area contributed by atoms with Crippen LogP contribution in [0.3, 0.4) is 0 Å². The molecule has 1 fully saturated rings. The molecule has 0 saturated carbocycles. The van der Waals surface area contributed by atoms with E-state index < -0.39 is 0 Å². The zero-order valence-corrected chi connectivity index (χ0v) is 15.9. The summed E-state index contributed by atoms with van der Waals surface area (Å²) < 4.78 is 11.5. The molecule has 1 amide bonds. The summed E-state index contributed by atoms with van der Waals surface area (Å²) in [5, 5.41) is 1.70. The van der Waals surface area contributed by atoms with Crippen molar-refractivity contribution in [2.24, 2.45) is 5.92 Å². The highest BCUT2D eigenvalue weighted by Crippen LogP contribution is 2.32. The van der Waals surface area contributed by atoms with Crippen LogP contribution in [0.15, 0.2) is 29.1 Å². The molecule has 144 valence electrons. The number of rotatable bonds is 2. The molecule has 1 atom stereocenters. The van der Waals surface area contributed by atoms with E-state index in [4.69, 9.17) is 9.47 Å².